The molecule has 0 unspecified atom stereocenters. The first-order valence-electron chi connectivity index (χ1n) is 9.98. The molecule has 2 aromatic carbocycles. The van der Waals surface area contributed by atoms with E-state index in [9.17, 15) is 14.4 Å². The molecule has 154 valence electrons. The van der Waals surface area contributed by atoms with Gasteiger partial charge in [0.05, 0.1) is 12.6 Å². The second-order valence-corrected chi connectivity index (χ2v) is 7.35. The maximum Gasteiger partial charge on any atom is 0.251 e. The lowest BCUT2D eigenvalue weighted by Crippen LogP contribution is -2.38. The van der Waals surface area contributed by atoms with E-state index < -0.39 is 0 Å². The molecule has 1 aliphatic rings. The Hall–Kier alpha value is -3.61. The van der Waals surface area contributed by atoms with Gasteiger partial charge < -0.3 is 20.0 Å². The van der Waals surface area contributed by atoms with E-state index in [-0.39, 0.29) is 30.3 Å². The van der Waals surface area contributed by atoms with Crippen LogP contribution in [0.4, 0.5) is 5.69 Å². The molecule has 2 heterocycles. The number of amides is 3. The van der Waals surface area contributed by atoms with Crippen molar-refractivity contribution in [2.75, 3.05) is 18.0 Å². The number of hydrogen-bond acceptors (Lipinski definition) is 4. The molecule has 0 spiro atoms. The van der Waals surface area contributed by atoms with Crippen LogP contribution in [0.25, 0.3) is 11.0 Å². The fourth-order valence-corrected chi connectivity index (χ4v) is 3.56. The average Bonchev–Trinajstić information content (AvgIpc) is 3.38. The highest BCUT2D eigenvalue weighted by Crippen LogP contribution is 2.23. The van der Waals surface area contributed by atoms with Gasteiger partial charge in [0.15, 0.2) is 0 Å². The van der Waals surface area contributed by atoms with Crippen LogP contribution in [0, 0.1) is 0 Å². The third-order valence-corrected chi connectivity index (χ3v) is 5.17. The van der Waals surface area contributed by atoms with Gasteiger partial charge in [-0.2, -0.15) is 0 Å². The van der Waals surface area contributed by atoms with E-state index in [1.165, 1.54) is 0 Å². The molecule has 7 nitrogen and oxygen atoms in total. The summed E-state index contributed by atoms with van der Waals surface area (Å²) in [7, 11) is 0. The summed E-state index contributed by atoms with van der Waals surface area (Å²) in [6, 6.07) is 16.0. The van der Waals surface area contributed by atoms with Gasteiger partial charge >= 0.3 is 0 Å². The van der Waals surface area contributed by atoms with Crippen molar-refractivity contribution in [1.29, 1.82) is 0 Å². The van der Waals surface area contributed by atoms with Crippen molar-refractivity contribution >= 4 is 34.4 Å². The lowest BCUT2D eigenvalue weighted by atomic mass is 10.2. The number of benzene rings is 2. The first kappa shape index (κ1) is 19.7. The standard InChI is InChI=1S/C23H23N3O4/c1-15(20-13-17-5-2-3-6-19(17)30-20)25-21(27)14-24-23(29)16-8-10-18(11-9-16)26-12-4-7-22(26)28/h2-3,5-6,8-11,13,15H,4,7,12,14H2,1H3,(H,24,29)(H,25,27)/t15-/m0/s1. The fourth-order valence-electron chi connectivity index (χ4n) is 3.56. The molecule has 3 amide bonds. The van der Waals surface area contributed by atoms with Crippen LogP contribution in [0.5, 0.6) is 0 Å². The van der Waals surface area contributed by atoms with E-state index in [0.29, 0.717) is 24.3 Å². The van der Waals surface area contributed by atoms with Crippen molar-refractivity contribution in [1.82, 2.24) is 10.6 Å². The van der Waals surface area contributed by atoms with Crippen molar-refractivity contribution in [3.05, 3.63) is 65.9 Å². The Morgan fingerprint density at radius 3 is 2.60 bits per heavy atom. The maximum absolute atomic E-state index is 12.3. The number of hydrogen-bond donors (Lipinski definition) is 2. The van der Waals surface area contributed by atoms with Crippen LogP contribution in [0.2, 0.25) is 0 Å². The number of rotatable bonds is 6. The van der Waals surface area contributed by atoms with Crippen molar-refractivity contribution < 1.29 is 18.8 Å². The topological polar surface area (TPSA) is 91.7 Å². The van der Waals surface area contributed by atoms with Crippen molar-refractivity contribution in [3.8, 4) is 0 Å². The van der Waals surface area contributed by atoms with Gasteiger partial charge in [-0.25, -0.2) is 0 Å². The van der Waals surface area contributed by atoms with Gasteiger partial charge in [-0.15, -0.1) is 0 Å². The number of para-hydroxylation sites is 1. The highest BCUT2D eigenvalue weighted by Gasteiger charge is 2.22. The number of furan rings is 1. The Morgan fingerprint density at radius 2 is 1.90 bits per heavy atom. The second kappa shape index (κ2) is 8.41. The van der Waals surface area contributed by atoms with E-state index in [1.54, 1.807) is 29.2 Å². The van der Waals surface area contributed by atoms with Crippen LogP contribution >= 0.6 is 0 Å². The molecule has 3 aromatic rings. The Labute approximate surface area is 174 Å². The first-order chi connectivity index (χ1) is 14.5. The first-order valence-corrected chi connectivity index (χ1v) is 9.98. The molecule has 30 heavy (non-hydrogen) atoms. The van der Waals surface area contributed by atoms with E-state index in [2.05, 4.69) is 10.6 Å². The molecule has 4 rings (SSSR count). The molecule has 0 radical (unpaired) electrons. The molecule has 1 aromatic heterocycles. The highest BCUT2D eigenvalue weighted by atomic mass is 16.3. The van der Waals surface area contributed by atoms with Crippen LogP contribution in [0.3, 0.4) is 0 Å². The lowest BCUT2D eigenvalue weighted by molar-refractivity contribution is -0.121. The predicted molar refractivity (Wildman–Crippen MR) is 113 cm³/mol. The largest absolute Gasteiger partial charge is 0.459 e. The minimum Gasteiger partial charge on any atom is -0.459 e. The molecule has 2 N–H and O–H groups in total. The molecule has 1 fully saturated rings. The minimum atomic E-state index is -0.346. The van der Waals surface area contributed by atoms with Crippen molar-refractivity contribution in [2.45, 2.75) is 25.8 Å². The molecular weight excluding hydrogens is 382 g/mol. The monoisotopic (exact) mass is 405 g/mol. The van der Waals surface area contributed by atoms with Crippen molar-refractivity contribution in [3.63, 3.8) is 0 Å². The molecule has 1 saturated heterocycles. The Kier molecular flexibility index (Phi) is 5.52. The third-order valence-electron chi connectivity index (χ3n) is 5.17. The quantitative estimate of drug-likeness (QED) is 0.659. The van der Waals surface area contributed by atoms with E-state index >= 15 is 0 Å². The minimum absolute atomic E-state index is 0.0995. The number of nitrogens with zero attached hydrogens (tertiary/aromatic N) is 1. The number of nitrogens with one attached hydrogen (secondary N) is 2. The summed E-state index contributed by atoms with van der Waals surface area (Å²) in [6.07, 6.45) is 1.41. The van der Waals surface area contributed by atoms with Gasteiger partial charge in [0.2, 0.25) is 11.8 Å². The smallest absolute Gasteiger partial charge is 0.251 e. The average molecular weight is 405 g/mol. The van der Waals surface area contributed by atoms with Gasteiger partial charge in [0.1, 0.15) is 11.3 Å². The summed E-state index contributed by atoms with van der Waals surface area (Å²) < 4.78 is 5.76. The zero-order valence-corrected chi connectivity index (χ0v) is 16.7. The van der Waals surface area contributed by atoms with Gasteiger partial charge in [0, 0.05) is 29.6 Å². The van der Waals surface area contributed by atoms with Gasteiger partial charge in [-0.1, -0.05) is 18.2 Å². The van der Waals surface area contributed by atoms with Crippen LogP contribution in [0.15, 0.2) is 59.0 Å². The van der Waals surface area contributed by atoms with Crippen LogP contribution in [0.1, 0.15) is 41.9 Å². The zero-order valence-electron chi connectivity index (χ0n) is 16.7. The summed E-state index contributed by atoms with van der Waals surface area (Å²) >= 11 is 0. The van der Waals surface area contributed by atoms with E-state index in [4.69, 9.17) is 4.42 Å². The maximum atomic E-state index is 12.3. The molecule has 7 heteroatoms. The van der Waals surface area contributed by atoms with Crippen molar-refractivity contribution in [2.24, 2.45) is 0 Å². The second-order valence-electron chi connectivity index (χ2n) is 7.35. The molecule has 0 saturated carbocycles. The zero-order chi connectivity index (χ0) is 21.1. The summed E-state index contributed by atoms with van der Waals surface area (Å²) in [5.74, 6) is 0.0989. The van der Waals surface area contributed by atoms with E-state index in [1.807, 2.05) is 37.3 Å². The molecule has 0 bridgehead atoms. The van der Waals surface area contributed by atoms with Crippen LogP contribution < -0.4 is 15.5 Å². The number of carbonyl (C=O) groups excluding carboxylic acids is 3. The highest BCUT2D eigenvalue weighted by molar-refractivity contribution is 5.98. The fraction of sp³-hybridized carbons (Fsp3) is 0.261. The number of fused-ring (bicyclic) bond motifs is 1. The molecule has 0 aliphatic carbocycles. The normalized spacial score (nSPS) is 14.7. The lowest BCUT2D eigenvalue weighted by Gasteiger charge is -2.16. The summed E-state index contributed by atoms with van der Waals surface area (Å²) in [4.78, 5) is 38.1. The van der Waals surface area contributed by atoms with Gasteiger partial charge in [-0.05, 0) is 49.7 Å². The Balaban J connectivity index is 1.29. The Bertz CT molecular complexity index is 1050. The van der Waals surface area contributed by atoms with E-state index in [0.717, 1.165) is 23.1 Å². The van der Waals surface area contributed by atoms with Crippen LogP contribution in [-0.4, -0.2) is 30.8 Å². The summed E-state index contributed by atoms with van der Waals surface area (Å²) in [5.41, 5.74) is 1.98. The van der Waals surface area contributed by atoms with Crippen LogP contribution in [-0.2, 0) is 9.59 Å². The molecular formula is C23H23N3O4. The predicted octanol–water partition coefficient (Wildman–Crippen LogP) is 3.17. The van der Waals surface area contributed by atoms with Gasteiger partial charge in [0.25, 0.3) is 5.91 Å². The molecule has 1 aliphatic heterocycles. The number of carbonyl (C=O) groups is 3. The van der Waals surface area contributed by atoms with Gasteiger partial charge in [-0.3, -0.25) is 14.4 Å². The molecule has 1 atom stereocenters. The third kappa shape index (κ3) is 4.20. The Morgan fingerprint density at radius 1 is 1.13 bits per heavy atom. The summed E-state index contributed by atoms with van der Waals surface area (Å²) in [5, 5.41) is 6.41. The summed E-state index contributed by atoms with van der Waals surface area (Å²) in [6.45, 7) is 2.39. The SMILES string of the molecule is C[C@H](NC(=O)CNC(=O)c1ccc(N2CCCC2=O)cc1)c1cc2ccccc2o1. The number of anilines is 1.